The Morgan fingerprint density at radius 3 is 2.33 bits per heavy atom. The molecule has 0 unspecified atom stereocenters. The van der Waals surface area contributed by atoms with Crippen LogP contribution in [0.1, 0.15) is 30.6 Å². The fourth-order valence-electron chi connectivity index (χ4n) is 2.14. The average Bonchev–Trinajstić information content (AvgIpc) is 2.55. The predicted molar refractivity (Wildman–Crippen MR) is 92.5 cm³/mol. The van der Waals surface area contributed by atoms with Crippen molar-refractivity contribution in [3.63, 3.8) is 0 Å². The summed E-state index contributed by atoms with van der Waals surface area (Å²) >= 11 is 0. The van der Waals surface area contributed by atoms with Crippen molar-refractivity contribution in [2.75, 3.05) is 12.4 Å². The number of carbonyl (C=O) groups is 2. The van der Waals surface area contributed by atoms with Gasteiger partial charge in [-0.05, 0) is 42.3 Å². The van der Waals surface area contributed by atoms with Crippen LogP contribution in [0.25, 0.3) is 0 Å². The molecule has 2 aromatic rings. The first kappa shape index (κ1) is 17.5. The van der Waals surface area contributed by atoms with Gasteiger partial charge in [-0.15, -0.1) is 0 Å². The van der Waals surface area contributed by atoms with Crippen LogP contribution in [0.4, 0.5) is 5.69 Å². The smallest absolute Gasteiger partial charge is 0.311 e. The number of esters is 1. The molecule has 5 nitrogen and oxygen atoms in total. The molecule has 24 heavy (non-hydrogen) atoms. The van der Waals surface area contributed by atoms with Crippen molar-refractivity contribution < 1.29 is 19.1 Å². The second kappa shape index (κ2) is 8.15. The summed E-state index contributed by atoms with van der Waals surface area (Å²) in [6.45, 7) is 3.91. The molecule has 2 aromatic carbocycles. The van der Waals surface area contributed by atoms with E-state index in [1.54, 1.807) is 48.5 Å². The maximum atomic E-state index is 12.3. The minimum atomic E-state index is -0.268. The number of amides is 1. The highest BCUT2D eigenvalue weighted by atomic mass is 16.5. The van der Waals surface area contributed by atoms with Crippen molar-refractivity contribution >= 4 is 17.6 Å². The van der Waals surface area contributed by atoms with Crippen molar-refractivity contribution in [2.24, 2.45) is 5.92 Å². The minimum Gasteiger partial charge on any atom is -0.496 e. The quantitative estimate of drug-likeness (QED) is 0.645. The van der Waals surface area contributed by atoms with Gasteiger partial charge in [0, 0.05) is 12.1 Å². The Morgan fingerprint density at radius 1 is 1.04 bits per heavy atom. The lowest BCUT2D eigenvalue weighted by Gasteiger charge is -2.10. The molecule has 0 saturated carbocycles. The maximum absolute atomic E-state index is 12.3. The van der Waals surface area contributed by atoms with E-state index in [1.807, 2.05) is 13.8 Å². The van der Waals surface area contributed by atoms with Crippen molar-refractivity contribution in [1.29, 1.82) is 0 Å². The highest BCUT2D eigenvalue weighted by Gasteiger charge is 2.12. The fourth-order valence-corrected chi connectivity index (χ4v) is 2.14. The van der Waals surface area contributed by atoms with E-state index in [2.05, 4.69) is 5.32 Å². The van der Waals surface area contributed by atoms with Gasteiger partial charge in [-0.3, -0.25) is 9.59 Å². The number of hydrogen-bond acceptors (Lipinski definition) is 4. The lowest BCUT2D eigenvalue weighted by Crippen LogP contribution is -2.13. The van der Waals surface area contributed by atoms with E-state index >= 15 is 0 Å². The molecule has 2 rings (SSSR count). The van der Waals surface area contributed by atoms with Crippen LogP contribution in [0.2, 0.25) is 0 Å². The first-order chi connectivity index (χ1) is 11.5. The molecule has 0 fully saturated rings. The molecule has 0 atom stereocenters. The normalized spacial score (nSPS) is 10.3. The molecular formula is C19H21NO4. The van der Waals surface area contributed by atoms with Crippen LogP contribution in [-0.4, -0.2) is 19.0 Å². The fraction of sp³-hybridized carbons (Fsp3) is 0.263. The van der Waals surface area contributed by atoms with Gasteiger partial charge in [0.25, 0.3) is 5.91 Å². The van der Waals surface area contributed by atoms with Crippen LogP contribution in [0, 0.1) is 5.92 Å². The molecule has 5 heteroatoms. The van der Waals surface area contributed by atoms with E-state index in [9.17, 15) is 9.59 Å². The van der Waals surface area contributed by atoms with Crippen LogP contribution in [-0.2, 0) is 4.79 Å². The summed E-state index contributed by atoms with van der Waals surface area (Å²) in [4.78, 5) is 23.9. The Hall–Kier alpha value is -2.82. The Labute approximate surface area is 141 Å². The summed E-state index contributed by atoms with van der Waals surface area (Å²) in [7, 11) is 1.52. The molecule has 0 heterocycles. The number of anilines is 1. The van der Waals surface area contributed by atoms with Crippen LogP contribution >= 0.6 is 0 Å². The molecule has 1 N–H and O–H groups in total. The number of ether oxygens (including phenoxy) is 2. The molecule has 0 aliphatic heterocycles. The summed E-state index contributed by atoms with van der Waals surface area (Å²) in [5, 5.41) is 2.79. The molecule has 0 radical (unpaired) electrons. The van der Waals surface area contributed by atoms with Gasteiger partial charge >= 0.3 is 5.97 Å². The first-order valence-electron chi connectivity index (χ1n) is 7.74. The lowest BCUT2D eigenvalue weighted by molar-refractivity contribution is -0.135. The predicted octanol–water partition coefficient (Wildman–Crippen LogP) is 3.90. The number of rotatable bonds is 6. The second-order valence-corrected chi connectivity index (χ2v) is 5.75. The van der Waals surface area contributed by atoms with Crippen molar-refractivity contribution in [3.8, 4) is 11.5 Å². The number of methoxy groups -OCH3 is 1. The van der Waals surface area contributed by atoms with Gasteiger partial charge in [-0.1, -0.05) is 26.0 Å². The third-order valence-corrected chi connectivity index (χ3v) is 3.27. The molecule has 0 aliphatic rings. The molecule has 0 saturated heterocycles. The largest absolute Gasteiger partial charge is 0.496 e. The Morgan fingerprint density at radius 2 is 1.71 bits per heavy atom. The van der Waals surface area contributed by atoms with Crippen molar-refractivity contribution in [2.45, 2.75) is 20.3 Å². The van der Waals surface area contributed by atoms with E-state index in [4.69, 9.17) is 9.47 Å². The van der Waals surface area contributed by atoms with E-state index in [0.717, 1.165) is 0 Å². The Kier molecular flexibility index (Phi) is 5.95. The van der Waals surface area contributed by atoms with Gasteiger partial charge in [-0.2, -0.15) is 0 Å². The molecular weight excluding hydrogens is 306 g/mol. The van der Waals surface area contributed by atoms with Gasteiger partial charge in [-0.25, -0.2) is 0 Å². The molecule has 0 bridgehead atoms. The van der Waals surface area contributed by atoms with Crippen LogP contribution in [0.15, 0.2) is 48.5 Å². The number of hydrogen-bond donors (Lipinski definition) is 1. The van der Waals surface area contributed by atoms with Gasteiger partial charge < -0.3 is 14.8 Å². The highest BCUT2D eigenvalue weighted by molar-refractivity contribution is 6.06. The van der Waals surface area contributed by atoms with Crippen LogP contribution < -0.4 is 14.8 Å². The summed E-state index contributed by atoms with van der Waals surface area (Å²) in [5.41, 5.74) is 1.06. The number of carbonyl (C=O) groups excluding carboxylic acids is 2. The van der Waals surface area contributed by atoms with E-state index in [1.165, 1.54) is 7.11 Å². The van der Waals surface area contributed by atoms with E-state index < -0.39 is 0 Å². The Bertz CT molecular complexity index is 708. The second-order valence-electron chi connectivity index (χ2n) is 5.75. The SMILES string of the molecule is COc1ccccc1C(=O)Nc1ccc(OC(=O)CC(C)C)cc1. The average molecular weight is 327 g/mol. The third-order valence-electron chi connectivity index (χ3n) is 3.27. The zero-order chi connectivity index (χ0) is 17.5. The number of nitrogens with one attached hydrogen (secondary N) is 1. The van der Waals surface area contributed by atoms with E-state index in [-0.39, 0.29) is 17.8 Å². The molecule has 1 amide bonds. The number of benzene rings is 2. The van der Waals surface area contributed by atoms with Crippen molar-refractivity contribution in [1.82, 2.24) is 0 Å². The molecule has 126 valence electrons. The summed E-state index contributed by atoms with van der Waals surface area (Å²) in [6, 6.07) is 13.7. The molecule has 0 aliphatic carbocycles. The summed E-state index contributed by atoms with van der Waals surface area (Å²) < 4.78 is 10.4. The van der Waals surface area contributed by atoms with Gasteiger partial charge in [0.2, 0.25) is 0 Å². The monoisotopic (exact) mass is 327 g/mol. The molecule has 0 aromatic heterocycles. The van der Waals surface area contributed by atoms with Crippen LogP contribution in [0.5, 0.6) is 11.5 Å². The lowest BCUT2D eigenvalue weighted by atomic mass is 10.1. The zero-order valence-electron chi connectivity index (χ0n) is 14.0. The topological polar surface area (TPSA) is 64.6 Å². The standard InChI is InChI=1S/C19H21NO4/c1-13(2)12-18(21)24-15-10-8-14(9-11-15)20-19(22)16-6-4-5-7-17(16)23-3/h4-11,13H,12H2,1-3H3,(H,20,22). The minimum absolute atomic E-state index is 0.247. The third kappa shape index (κ3) is 4.84. The maximum Gasteiger partial charge on any atom is 0.311 e. The number of para-hydroxylation sites is 1. The van der Waals surface area contributed by atoms with Gasteiger partial charge in [0.1, 0.15) is 11.5 Å². The summed E-state index contributed by atoms with van der Waals surface area (Å²) in [5.74, 6) is 0.676. The van der Waals surface area contributed by atoms with Gasteiger partial charge in [0.05, 0.1) is 12.7 Å². The van der Waals surface area contributed by atoms with E-state index in [0.29, 0.717) is 29.2 Å². The summed E-state index contributed by atoms with van der Waals surface area (Å²) in [6.07, 6.45) is 0.367. The Balaban J connectivity index is 2.01. The van der Waals surface area contributed by atoms with Crippen molar-refractivity contribution in [3.05, 3.63) is 54.1 Å². The first-order valence-corrected chi connectivity index (χ1v) is 7.74. The highest BCUT2D eigenvalue weighted by Crippen LogP contribution is 2.21. The van der Waals surface area contributed by atoms with Gasteiger partial charge in [0.15, 0.2) is 0 Å². The van der Waals surface area contributed by atoms with Crippen LogP contribution in [0.3, 0.4) is 0 Å². The molecule has 0 spiro atoms. The zero-order valence-corrected chi connectivity index (χ0v) is 14.0.